The van der Waals surface area contributed by atoms with Crippen LogP contribution in [0.2, 0.25) is 0 Å². The van der Waals surface area contributed by atoms with Gasteiger partial charge in [0.15, 0.2) is 6.61 Å². The monoisotopic (exact) mass is 323 g/mol. The Morgan fingerprint density at radius 2 is 1.71 bits per heavy atom. The zero-order valence-corrected chi connectivity index (χ0v) is 13.3. The second kappa shape index (κ2) is 6.89. The molecule has 0 spiro atoms. The van der Waals surface area contributed by atoms with E-state index >= 15 is 0 Å². The molecule has 0 aliphatic carbocycles. The van der Waals surface area contributed by atoms with Crippen LogP contribution >= 0.6 is 0 Å². The summed E-state index contributed by atoms with van der Waals surface area (Å²) in [6.45, 7) is 6.11. The van der Waals surface area contributed by atoms with Gasteiger partial charge >= 0.3 is 6.18 Å². The van der Waals surface area contributed by atoms with Crippen molar-refractivity contribution in [3.8, 4) is 5.75 Å². The summed E-state index contributed by atoms with van der Waals surface area (Å²) in [6.07, 6.45) is -4.35. The number of hydrogen-bond donors (Lipinski definition) is 1. The first kappa shape index (κ1) is 18.1. The Morgan fingerprint density at radius 1 is 1.19 bits per heavy atom. The molecule has 120 valence electrons. The topological polar surface area (TPSA) is 44.3 Å². The smallest absolute Gasteiger partial charge is 0.422 e. The molecule has 1 N–H and O–H groups in total. The lowest BCUT2D eigenvalue weighted by molar-refractivity contribution is -0.153. The molecule has 0 amide bonds. The van der Waals surface area contributed by atoms with Crippen LogP contribution in [0.4, 0.5) is 13.2 Å². The summed E-state index contributed by atoms with van der Waals surface area (Å²) in [5, 5.41) is 0. The summed E-state index contributed by atoms with van der Waals surface area (Å²) in [5.41, 5.74) is 0.826. The minimum absolute atomic E-state index is 0.153. The average Bonchev–Trinajstić information content (AvgIpc) is 2.35. The van der Waals surface area contributed by atoms with Crippen LogP contribution in [0.5, 0.6) is 5.75 Å². The van der Waals surface area contributed by atoms with Crippen molar-refractivity contribution in [2.24, 2.45) is 0 Å². The molecule has 21 heavy (non-hydrogen) atoms. The minimum Gasteiger partial charge on any atom is -0.598 e. The number of ether oxygens (including phenoxy) is 1. The second-order valence-electron chi connectivity index (χ2n) is 5.69. The Labute approximate surface area is 126 Å². The molecule has 0 heterocycles. The van der Waals surface area contributed by atoms with E-state index in [4.69, 9.17) is 0 Å². The summed E-state index contributed by atoms with van der Waals surface area (Å²) >= 11 is -1.22. The Bertz CT molecular complexity index is 443. The van der Waals surface area contributed by atoms with Gasteiger partial charge in [0.25, 0.3) is 0 Å². The molecule has 0 bridgehead atoms. The third-order valence-electron chi connectivity index (χ3n) is 2.62. The predicted octanol–water partition coefficient (Wildman–Crippen LogP) is 3.74. The van der Waals surface area contributed by atoms with Crippen LogP contribution in [0.15, 0.2) is 24.3 Å². The third kappa shape index (κ3) is 6.58. The quantitative estimate of drug-likeness (QED) is 0.840. The van der Waals surface area contributed by atoms with Gasteiger partial charge in [-0.2, -0.15) is 13.2 Å². The first-order valence-corrected chi connectivity index (χ1v) is 7.61. The normalized spacial score (nSPS) is 15.6. The molecule has 1 aromatic carbocycles. The Kier molecular flexibility index (Phi) is 5.95. The largest absolute Gasteiger partial charge is 0.598 e. The highest BCUT2D eigenvalue weighted by molar-refractivity contribution is 7.90. The van der Waals surface area contributed by atoms with Gasteiger partial charge in [0, 0.05) is 11.4 Å². The van der Waals surface area contributed by atoms with Gasteiger partial charge in [-0.25, -0.2) is 0 Å². The maximum Gasteiger partial charge on any atom is 0.422 e. The van der Waals surface area contributed by atoms with E-state index in [-0.39, 0.29) is 16.5 Å². The molecule has 0 aromatic heterocycles. The molecule has 3 nitrogen and oxygen atoms in total. The highest BCUT2D eigenvalue weighted by Gasteiger charge is 2.29. The third-order valence-corrected chi connectivity index (χ3v) is 4.30. The van der Waals surface area contributed by atoms with Crippen LogP contribution in [0, 0.1) is 0 Å². The summed E-state index contributed by atoms with van der Waals surface area (Å²) < 4.78 is 55.3. The van der Waals surface area contributed by atoms with Crippen molar-refractivity contribution >= 4 is 11.4 Å². The Morgan fingerprint density at radius 3 is 2.14 bits per heavy atom. The molecule has 0 aliphatic heterocycles. The Balaban J connectivity index is 2.61. The van der Waals surface area contributed by atoms with Gasteiger partial charge in [0.1, 0.15) is 10.5 Å². The fraction of sp³-hybridized carbons (Fsp3) is 0.571. The first-order chi connectivity index (χ1) is 9.49. The molecule has 0 saturated heterocycles. The molecule has 1 unspecified atom stereocenters. The van der Waals surface area contributed by atoms with Crippen LogP contribution in [0.3, 0.4) is 0 Å². The second-order valence-corrected chi connectivity index (χ2v) is 7.69. The molecule has 0 radical (unpaired) electrons. The maximum atomic E-state index is 12.0. The molecule has 0 saturated carbocycles. The molecular formula is C14H20F3NO2S. The summed E-state index contributed by atoms with van der Waals surface area (Å²) in [5.74, 6) is 0.153. The van der Waals surface area contributed by atoms with E-state index in [1.165, 1.54) is 12.1 Å². The number of alkyl halides is 3. The van der Waals surface area contributed by atoms with Crippen molar-refractivity contribution in [2.75, 3.05) is 6.61 Å². The van der Waals surface area contributed by atoms with E-state index in [2.05, 4.69) is 9.46 Å². The fourth-order valence-electron chi connectivity index (χ4n) is 1.42. The molecule has 2 atom stereocenters. The maximum absolute atomic E-state index is 12.0. The van der Waals surface area contributed by atoms with Crippen LogP contribution in [0.1, 0.15) is 39.3 Å². The van der Waals surface area contributed by atoms with Crippen molar-refractivity contribution in [1.29, 1.82) is 0 Å². The van der Waals surface area contributed by atoms with Crippen molar-refractivity contribution in [1.82, 2.24) is 4.72 Å². The van der Waals surface area contributed by atoms with E-state index in [0.29, 0.717) is 0 Å². The van der Waals surface area contributed by atoms with Gasteiger partial charge in [-0.1, -0.05) is 12.1 Å². The minimum atomic E-state index is -4.35. The highest BCUT2D eigenvalue weighted by Crippen LogP contribution is 2.23. The highest BCUT2D eigenvalue weighted by atomic mass is 32.2. The van der Waals surface area contributed by atoms with Crippen molar-refractivity contribution in [3.63, 3.8) is 0 Å². The number of halogens is 3. The Hall–Kier alpha value is -0.920. The predicted molar refractivity (Wildman–Crippen MR) is 77.4 cm³/mol. The average molecular weight is 323 g/mol. The van der Waals surface area contributed by atoms with E-state index in [1.54, 1.807) is 12.1 Å². The standard InChI is InChI=1S/C14H20F3NO2S/c1-10(18-21(19)13(2,3)4)11-5-7-12(8-6-11)20-9-14(15,16)17/h5-8,10,18H,9H2,1-4H3/t10?,21-/m1/s1. The SMILES string of the molecule is CC(N[S@+]([O-])C(C)(C)C)c1ccc(OCC(F)(F)F)cc1. The molecule has 1 aromatic rings. The van der Waals surface area contributed by atoms with Gasteiger partial charge in [-0.15, -0.1) is 4.72 Å². The van der Waals surface area contributed by atoms with Gasteiger partial charge in [0.2, 0.25) is 0 Å². The number of benzene rings is 1. The van der Waals surface area contributed by atoms with Gasteiger partial charge in [0.05, 0.1) is 6.04 Å². The van der Waals surface area contributed by atoms with Crippen LogP contribution < -0.4 is 9.46 Å². The van der Waals surface area contributed by atoms with Crippen LogP contribution in [-0.2, 0) is 11.4 Å². The lowest BCUT2D eigenvalue weighted by Crippen LogP contribution is -2.40. The van der Waals surface area contributed by atoms with Crippen LogP contribution in [0.25, 0.3) is 0 Å². The lowest BCUT2D eigenvalue weighted by Gasteiger charge is -2.26. The zero-order valence-electron chi connectivity index (χ0n) is 12.5. The number of rotatable bonds is 5. The summed E-state index contributed by atoms with van der Waals surface area (Å²) in [4.78, 5) is 0. The van der Waals surface area contributed by atoms with E-state index in [0.717, 1.165) is 5.56 Å². The zero-order chi connectivity index (χ0) is 16.3. The number of nitrogens with one attached hydrogen (secondary N) is 1. The van der Waals surface area contributed by atoms with E-state index in [1.807, 2.05) is 27.7 Å². The first-order valence-electron chi connectivity index (χ1n) is 6.46. The summed E-state index contributed by atoms with van der Waals surface area (Å²) in [7, 11) is 0. The van der Waals surface area contributed by atoms with Crippen molar-refractivity contribution < 1.29 is 22.5 Å². The molecule has 0 aliphatic rings. The van der Waals surface area contributed by atoms with E-state index < -0.39 is 24.1 Å². The van der Waals surface area contributed by atoms with Crippen molar-refractivity contribution in [3.05, 3.63) is 29.8 Å². The van der Waals surface area contributed by atoms with E-state index in [9.17, 15) is 17.7 Å². The van der Waals surface area contributed by atoms with Gasteiger partial charge in [-0.3, -0.25) is 0 Å². The molecule has 0 fully saturated rings. The van der Waals surface area contributed by atoms with Crippen molar-refractivity contribution in [2.45, 2.75) is 44.7 Å². The molecular weight excluding hydrogens is 303 g/mol. The van der Waals surface area contributed by atoms with Gasteiger partial charge < -0.3 is 9.29 Å². The van der Waals surface area contributed by atoms with Gasteiger partial charge in [-0.05, 0) is 45.4 Å². The molecule has 1 rings (SSSR count). The molecule has 7 heteroatoms. The van der Waals surface area contributed by atoms with Crippen LogP contribution in [-0.4, -0.2) is 22.1 Å². The number of hydrogen-bond acceptors (Lipinski definition) is 3. The lowest BCUT2D eigenvalue weighted by atomic mass is 10.1. The summed E-state index contributed by atoms with van der Waals surface area (Å²) in [6, 6.07) is 6.08. The fourth-order valence-corrected chi connectivity index (χ4v) is 2.23.